The Morgan fingerprint density at radius 1 is 1.28 bits per heavy atom. The molecule has 1 N–H and O–H groups in total. The second kappa shape index (κ2) is 8.11. The van der Waals surface area contributed by atoms with Crippen LogP contribution in [0.25, 0.3) is 0 Å². The summed E-state index contributed by atoms with van der Waals surface area (Å²) in [6.07, 6.45) is 3.03. The van der Waals surface area contributed by atoms with Crippen LogP contribution in [0.5, 0.6) is 0 Å². The third-order valence-electron chi connectivity index (χ3n) is 4.50. The largest absolute Gasteiger partial charge is 0.343 e. The van der Waals surface area contributed by atoms with Gasteiger partial charge < -0.3 is 10.2 Å². The molecule has 2 aromatic rings. The van der Waals surface area contributed by atoms with Gasteiger partial charge in [-0.2, -0.15) is 0 Å². The fourth-order valence-electron chi connectivity index (χ4n) is 3.00. The number of halogens is 1. The van der Waals surface area contributed by atoms with E-state index in [1.807, 2.05) is 23.6 Å². The Balaban J connectivity index is 1.51. The number of thiophene rings is 1. The average Bonchev–Trinajstić information content (AvgIpc) is 3.04. The molecular weight excluding hydrogens is 333 g/mol. The first-order chi connectivity index (χ1) is 12.0. The van der Waals surface area contributed by atoms with Crippen molar-refractivity contribution < 1.29 is 4.39 Å². The SMILES string of the molecule is CC(C)c1cc2c(s1)N(CCCNC(C)c1cccc(F)c1)CN=C2. The second-order valence-electron chi connectivity index (χ2n) is 6.86. The fourth-order valence-corrected chi connectivity index (χ4v) is 4.15. The first-order valence-electron chi connectivity index (χ1n) is 8.92. The van der Waals surface area contributed by atoms with Gasteiger partial charge in [-0.25, -0.2) is 4.39 Å². The zero-order chi connectivity index (χ0) is 17.8. The van der Waals surface area contributed by atoms with Crippen molar-refractivity contribution in [1.82, 2.24) is 5.32 Å². The predicted octanol–water partition coefficient (Wildman–Crippen LogP) is 4.95. The fraction of sp³-hybridized carbons (Fsp3) is 0.450. The summed E-state index contributed by atoms with van der Waals surface area (Å²) < 4.78 is 13.3. The van der Waals surface area contributed by atoms with Crippen LogP contribution in [-0.2, 0) is 0 Å². The number of rotatable bonds is 7. The number of aliphatic imine (C=N–C) groups is 1. The number of fused-ring (bicyclic) bond motifs is 1. The number of hydrogen-bond donors (Lipinski definition) is 1. The van der Waals surface area contributed by atoms with Gasteiger partial charge in [0.1, 0.15) is 17.5 Å². The van der Waals surface area contributed by atoms with E-state index in [9.17, 15) is 4.39 Å². The Morgan fingerprint density at radius 3 is 2.88 bits per heavy atom. The Hall–Kier alpha value is -1.72. The van der Waals surface area contributed by atoms with Gasteiger partial charge >= 0.3 is 0 Å². The van der Waals surface area contributed by atoms with E-state index in [1.165, 1.54) is 21.5 Å². The zero-order valence-electron chi connectivity index (χ0n) is 15.1. The first-order valence-corrected chi connectivity index (χ1v) is 9.73. The van der Waals surface area contributed by atoms with Gasteiger partial charge in [-0.3, -0.25) is 4.99 Å². The Labute approximate surface area is 153 Å². The molecule has 1 aromatic carbocycles. The lowest BCUT2D eigenvalue weighted by atomic mass is 10.1. The highest BCUT2D eigenvalue weighted by molar-refractivity contribution is 7.16. The van der Waals surface area contributed by atoms with Crippen molar-refractivity contribution in [3.05, 3.63) is 52.2 Å². The maximum Gasteiger partial charge on any atom is 0.123 e. The molecule has 1 aliphatic rings. The standard InChI is InChI=1S/C20H26FN3S/c1-14(2)19-11-17-12-22-13-24(20(17)25-19)9-5-8-23-15(3)16-6-4-7-18(21)10-16/h4,6-7,10-12,14-15,23H,5,8-9,13H2,1-3H3. The number of anilines is 1. The third-order valence-corrected chi connectivity index (χ3v) is 6.01. The van der Waals surface area contributed by atoms with Crippen molar-refractivity contribution in [2.75, 3.05) is 24.7 Å². The molecule has 0 fully saturated rings. The number of benzene rings is 1. The molecule has 1 aromatic heterocycles. The van der Waals surface area contributed by atoms with Crippen molar-refractivity contribution >= 4 is 22.6 Å². The smallest absolute Gasteiger partial charge is 0.123 e. The molecule has 134 valence electrons. The van der Waals surface area contributed by atoms with E-state index in [2.05, 4.69) is 42.0 Å². The molecule has 25 heavy (non-hydrogen) atoms. The summed E-state index contributed by atoms with van der Waals surface area (Å²) in [4.78, 5) is 8.27. The van der Waals surface area contributed by atoms with Crippen molar-refractivity contribution in [1.29, 1.82) is 0 Å². The van der Waals surface area contributed by atoms with Crippen LogP contribution in [0.2, 0.25) is 0 Å². The van der Waals surface area contributed by atoms with Crippen LogP contribution >= 0.6 is 11.3 Å². The minimum Gasteiger partial charge on any atom is -0.343 e. The maximum atomic E-state index is 13.3. The lowest BCUT2D eigenvalue weighted by Crippen LogP contribution is -2.30. The van der Waals surface area contributed by atoms with Crippen LogP contribution in [0.1, 0.15) is 55.2 Å². The molecule has 5 heteroatoms. The molecule has 3 nitrogen and oxygen atoms in total. The summed E-state index contributed by atoms with van der Waals surface area (Å²) in [6, 6.07) is 9.23. The molecule has 1 aliphatic heterocycles. The lowest BCUT2D eigenvalue weighted by Gasteiger charge is -2.25. The number of nitrogens with one attached hydrogen (secondary N) is 1. The van der Waals surface area contributed by atoms with Crippen LogP contribution in [0.3, 0.4) is 0 Å². The summed E-state index contributed by atoms with van der Waals surface area (Å²) >= 11 is 1.89. The third kappa shape index (κ3) is 4.47. The van der Waals surface area contributed by atoms with Gasteiger partial charge in [-0.15, -0.1) is 11.3 Å². The summed E-state index contributed by atoms with van der Waals surface area (Å²) in [5, 5.41) is 4.83. The summed E-state index contributed by atoms with van der Waals surface area (Å²) in [7, 11) is 0. The molecule has 0 spiro atoms. The van der Waals surface area contributed by atoms with Crippen molar-refractivity contribution in [2.24, 2.45) is 4.99 Å². The predicted molar refractivity (Wildman–Crippen MR) is 106 cm³/mol. The first kappa shape index (κ1) is 18.1. The molecule has 2 heterocycles. The Kier molecular flexibility index (Phi) is 5.86. The van der Waals surface area contributed by atoms with E-state index < -0.39 is 0 Å². The van der Waals surface area contributed by atoms with Crippen molar-refractivity contribution in [3.63, 3.8) is 0 Å². The molecule has 0 saturated carbocycles. The van der Waals surface area contributed by atoms with Crippen LogP contribution in [-0.4, -0.2) is 26.0 Å². The Morgan fingerprint density at radius 2 is 2.12 bits per heavy atom. The highest BCUT2D eigenvalue weighted by Gasteiger charge is 2.18. The molecule has 0 saturated heterocycles. The van der Waals surface area contributed by atoms with Gasteiger partial charge in [0.25, 0.3) is 0 Å². The van der Waals surface area contributed by atoms with E-state index in [0.717, 1.165) is 31.7 Å². The summed E-state index contributed by atoms with van der Waals surface area (Å²) in [6.45, 7) is 9.16. The van der Waals surface area contributed by atoms with Gasteiger partial charge in [0.05, 0.1) is 0 Å². The second-order valence-corrected chi connectivity index (χ2v) is 7.93. The van der Waals surface area contributed by atoms with Crippen LogP contribution in [0.4, 0.5) is 9.39 Å². The van der Waals surface area contributed by atoms with Crippen LogP contribution < -0.4 is 10.2 Å². The summed E-state index contributed by atoms with van der Waals surface area (Å²) in [5.41, 5.74) is 2.24. The number of nitrogens with zero attached hydrogens (tertiary/aromatic N) is 2. The highest BCUT2D eigenvalue weighted by atomic mass is 32.1. The molecule has 0 radical (unpaired) electrons. The van der Waals surface area contributed by atoms with Gasteiger partial charge in [-0.05, 0) is 49.6 Å². The molecule has 0 bridgehead atoms. The summed E-state index contributed by atoms with van der Waals surface area (Å²) in [5.74, 6) is 0.378. The van der Waals surface area contributed by atoms with Crippen LogP contribution in [0, 0.1) is 5.82 Å². The van der Waals surface area contributed by atoms with Crippen LogP contribution in [0.15, 0.2) is 35.3 Å². The molecule has 0 aliphatic carbocycles. The normalized spacial score (nSPS) is 14.8. The lowest BCUT2D eigenvalue weighted by molar-refractivity contribution is 0.549. The average molecular weight is 360 g/mol. The molecule has 3 rings (SSSR count). The Bertz CT molecular complexity index is 738. The van der Waals surface area contributed by atoms with E-state index in [4.69, 9.17) is 0 Å². The molecule has 1 unspecified atom stereocenters. The van der Waals surface area contributed by atoms with Gasteiger partial charge in [0.2, 0.25) is 0 Å². The van der Waals surface area contributed by atoms with E-state index in [-0.39, 0.29) is 11.9 Å². The van der Waals surface area contributed by atoms with Gasteiger partial charge in [0, 0.05) is 29.2 Å². The van der Waals surface area contributed by atoms with E-state index in [0.29, 0.717) is 5.92 Å². The van der Waals surface area contributed by atoms with Crippen molar-refractivity contribution in [2.45, 2.75) is 39.2 Å². The van der Waals surface area contributed by atoms with E-state index >= 15 is 0 Å². The van der Waals surface area contributed by atoms with Gasteiger partial charge in [0.15, 0.2) is 0 Å². The maximum absolute atomic E-state index is 13.3. The quantitative estimate of drug-likeness (QED) is 0.709. The van der Waals surface area contributed by atoms with E-state index in [1.54, 1.807) is 12.1 Å². The number of hydrogen-bond acceptors (Lipinski definition) is 4. The molecular formula is C20H26FN3S. The molecule has 0 amide bonds. The minimum atomic E-state index is -0.177. The zero-order valence-corrected chi connectivity index (χ0v) is 15.9. The molecule has 1 atom stereocenters. The topological polar surface area (TPSA) is 27.6 Å². The monoisotopic (exact) mass is 359 g/mol. The highest BCUT2D eigenvalue weighted by Crippen LogP contribution is 2.36. The van der Waals surface area contributed by atoms with Gasteiger partial charge in [-0.1, -0.05) is 26.0 Å². The minimum absolute atomic E-state index is 0.153. The van der Waals surface area contributed by atoms with Crippen molar-refractivity contribution in [3.8, 4) is 0 Å².